The fourth-order valence-corrected chi connectivity index (χ4v) is 1.51. The lowest BCUT2D eigenvalue weighted by Gasteiger charge is -2.25. The van der Waals surface area contributed by atoms with Gasteiger partial charge in [0.2, 0.25) is 0 Å². The first-order chi connectivity index (χ1) is 9.41. The third-order valence-corrected chi connectivity index (χ3v) is 3.22. The second-order valence-electron chi connectivity index (χ2n) is 4.52. The second-order valence-corrected chi connectivity index (χ2v) is 5.05. The van der Waals surface area contributed by atoms with Crippen LogP contribution in [0, 0.1) is 0 Å². The lowest BCUT2D eigenvalue weighted by atomic mass is 10.0. The van der Waals surface area contributed by atoms with Crippen LogP contribution >= 0.6 is 12.2 Å². The zero-order valence-corrected chi connectivity index (χ0v) is 12.8. The topological polar surface area (TPSA) is 73.6 Å². The minimum Gasteiger partial charge on any atom is -0.487 e. The highest BCUT2D eigenvalue weighted by Gasteiger charge is 2.30. The van der Waals surface area contributed by atoms with Crippen molar-refractivity contribution < 1.29 is 14.3 Å². The Balaban J connectivity index is 2.65. The average Bonchev–Trinajstić information content (AvgIpc) is 2.45. The van der Waals surface area contributed by atoms with Crippen molar-refractivity contribution in [3.8, 4) is 5.75 Å². The molecule has 1 rings (SSSR count). The number of methoxy groups -OCH3 is 1. The summed E-state index contributed by atoms with van der Waals surface area (Å²) in [5, 5.41) is 2.81. The van der Waals surface area contributed by atoms with E-state index in [4.69, 9.17) is 27.4 Å². The summed E-state index contributed by atoms with van der Waals surface area (Å²) in [5.74, 6) is 0.458. The van der Waals surface area contributed by atoms with Crippen molar-refractivity contribution in [1.29, 1.82) is 0 Å². The molecular weight excluding hydrogens is 276 g/mol. The van der Waals surface area contributed by atoms with Crippen molar-refractivity contribution in [1.82, 2.24) is 0 Å². The van der Waals surface area contributed by atoms with E-state index >= 15 is 0 Å². The number of carbonyl (C=O) groups excluding carboxylic acids is 1. The van der Waals surface area contributed by atoms with Crippen LogP contribution in [-0.2, 0) is 9.53 Å². The van der Waals surface area contributed by atoms with E-state index in [2.05, 4.69) is 5.32 Å². The third-order valence-electron chi connectivity index (χ3n) is 3.10. The van der Waals surface area contributed by atoms with Crippen LogP contribution in [0.3, 0.4) is 0 Å². The molecule has 6 heteroatoms. The Hall–Kier alpha value is -1.66. The fraction of sp³-hybridized carbons (Fsp3) is 0.429. The first-order valence-corrected chi connectivity index (χ1v) is 6.70. The fourth-order valence-electron chi connectivity index (χ4n) is 1.45. The number of ether oxygens (including phenoxy) is 2. The molecule has 0 spiro atoms. The van der Waals surface area contributed by atoms with Crippen LogP contribution in [0.4, 0.5) is 5.69 Å². The zero-order chi connectivity index (χ0) is 15.2. The van der Waals surface area contributed by atoms with E-state index in [1.807, 2.05) is 6.92 Å². The molecule has 1 aromatic carbocycles. The van der Waals surface area contributed by atoms with Crippen molar-refractivity contribution in [2.45, 2.75) is 25.9 Å². The maximum absolute atomic E-state index is 12.1. The quantitative estimate of drug-likeness (QED) is 0.754. The number of anilines is 1. The maximum Gasteiger partial charge on any atom is 0.256 e. The highest BCUT2D eigenvalue weighted by atomic mass is 32.1. The first-order valence-electron chi connectivity index (χ1n) is 6.29. The molecular formula is C14H20N2O3S. The SMILES string of the molecule is CCC(C)(OC)C(=O)Nc1ccc(OCC(N)=S)cc1. The van der Waals surface area contributed by atoms with Crippen LogP contribution in [0.15, 0.2) is 24.3 Å². The molecule has 0 aliphatic carbocycles. The molecule has 0 heterocycles. The van der Waals surface area contributed by atoms with Crippen LogP contribution in [0.25, 0.3) is 0 Å². The van der Waals surface area contributed by atoms with E-state index in [1.165, 1.54) is 7.11 Å². The number of thiocarbonyl (C=S) groups is 1. The van der Waals surface area contributed by atoms with E-state index in [-0.39, 0.29) is 12.5 Å². The molecule has 0 saturated heterocycles. The second kappa shape index (κ2) is 7.21. The Morgan fingerprint density at radius 3 is 2.45 bits per heavy atom. The highest BCUT2D eigenvalue weighted by molar-refractivity contribution is 7.80. The number of rotatable bonds is 7. The van der Waals surface area contributed by atoms with E-state index in [1.54, 1.807) is 31.2 Å². The summed E-state index contributed by atoms with van der Waals surface area (Å²) in [6.07, 6.45) is 0.588. The Bertz CT molecular complexity index is 470. The Morgan fingerprint density at radius 2 is 2.00 bits per heavy atom. The number of hydrogen-bond donors (Lipinski definition) is 2. The summed E-state index contributed by atoms with van der Waals surface area (Å²) in [6, 6.07) is 6.98. The van der Waals surface area contributed by atoms with E-state index in [0.29, 0.717) is 22.8 Å². The van der Waals surface area contributed by atoms with Crippen molar-refractivity contribution in [2.24, 2.45) is 5.73 Å². The summed E-state index contributed by atoms with van der Waals surface area (Å²) in [5.41, 5.74) is 5.19. The number of nitrogens with one attached hydrogen (secondary N) is 1. The average molecular weight is 296 g/mol. The number of amides is 1. The summed E-state index contributed by atoms with van der Waals surface area (Å²) in [6.45, 7) is 3.84. The number of benzene rings is 1. The molecule has 0 aliphatic rings. The molecule has 1 atom stereocenters. The molecule has 1 amide bonds. The normalized spacial score (nSPS) is 13.3. The molecule has 1 aromatic rings. The van der Waals surface area contributed by atoms with Gasteiger partial charge in [-0.3, -0.25) is 4.79 Å². The maximum atomic E-state index is 12.1. The first kappa shape index (κ1) is 16.4. The van der Waals surface area contributed by atoms with Gasteiger partial charge in [0.15, 0.2) is 0 Å². The van der Waals surface area contributed by atoms with Gasteiger partial charge in [-0.25, -0.2) is 0 Å². The van der Waals surface area contributed by atoms with Crippen LogP contribution in [-0.4, -0.2) is 30.2 Å². The van der Waals surface area contributed by atoms with Gasteiger partial charge in [-0.2, -0.15) is 0 Å². The van der Waals surface area contributed by atoms with Crippen LogP contribution in [0.5, 0.6) is 5.75 Å². The van der Waals surface area contributed by atoms with Crippen molar-refractivity contribution in [3.05, 3.63) is 24.3 Å². The molecule has 0 fully saturated rings. The van der Waals surface area contributed by atoms with Crippen molar-refractivity contribution in [2.75, 3.05) is 19.0 Å². The highest BCUT2D eigenvalue weighted by Crippen LogP contribution is 2.20. The van der Waals surface area contributed by atoms with Gasteiger partial charge < -0.3 is 20.5 Å². The Labute approximate surface area is 124 Å². The number of nitrogens with two attached hydrogens (primary N) is 1. The summed E-state index contributed by atoms with van der Waals surface area (Å²) in [7, 11) is 1.52. The zero-order valence-electron chi connectivity index (χ0n) is 11.9. The smallest absolute Gasteiger partial charge is 0.256 e. The standard InChI is InChI=1S/C14H20N2O3S/c1-4-14(2,18-3)13(17)16-10-5-7-11(8-6-10)19-9-12(15)20/h5-8H,4,9H2,1-3H3,(H2,15,20)(H,16,17). The van der Waals surface area contributed by atoms with E-state index in [0.717, 1.165) is 0 Å². The van der Waals surface area contributed by atoms with Gasteiger partial charge >= 0.3 is 0 Å². The molecule has 0 saturated carbocycles. The molecule has 3 N–H and O–H groups in total. The van der Waals surface area contributed by atoms with Gasteiger partial charge in [-0.05, 0) is 37.6 Å². The van der Waals surface area contributed by atoms with Gasteiger partial charge in [-0.15, -0.1) is 0 Å². The molecule has 20 heavy (non-hydrogen) atoms. The van der Waals surface area contributed by atoms with Gasteiger partial charge in [0.05, 0.1) is 0 Å². The van der Waals surface area contributed by atoms with Crippen LogP contribution < -0.4 is 15.8 Å². The monoisotopic (exact) mass is 296 g/mol. The predicted molar refractivity (Wildman–Crippen MR) is 83.1 cm³/mol. The number of carbonyl (C=O) groups is 1. The molecule has 110 valence electrons. The van der Waals surface area contributed by atoms with Gasteiger partial charge in [0, 0.05) is 12.8 Å². The summed E-state index contributed by atoms with van der Waals surface area (Å²) in [4.78, 5) is 12.4. The minimum absolute atomic E-state index is 0.181. The molecule has 0 bridgehead atoms. The Morgan fingerprint density at radius 1 is 1.40 bits per heavy atom. The van der Waals surface area contributed by atoms with Gasteiger partial charge in [0.1, 0.15) is 22.9 Å². The largest absolute Gasteiger partial charge is 0.487 e. The molecule has 0 aromatic heterocycles. The summed E-state index contributed by atoms with van der Waals surface area (Å²) < 4.78 is 10.6. The lowest BCUT2D eigenvalue weighted by molar-refractivity contribution is -0.136. The molecule has 1 unspecified atom stereocenters. The lowest BCUT2D eigenvalue weighted by Crippen LogP contribution is -2.41. The van der Waals surface area contributed by atoms with Crippen molar-refractivity contribution in [3.63, 3.8) is 0 Å². The van der Waals surface area contributed by atoms with Gasteiger partial charge in [-0.1, -0.05) is 19.1 Å². The number of hydrogen-bond acceptors (Lipinski definition) is 4. The minimum atomic E-state index is -0.832. The third kappa shape index (κ3) is 4.47. The Kier molecular flexibility index (Phi) is 5.91. The molecule has 5 nitrogen and oxygen atoms in total. The van der Waals surface area contributed by atoms with Crippen molar-refractivity contribution >= 4 is 28.8 Å². The molecule has 0 radical (unpaired) electrons. The molecule has 0 aliphatic heterocycles. The van der Waals surface area contributed by atoms with E-state index < -0.39 is 5.60 Å². The van der Waals surface area contributed by atoms with Crippen LogP contribution in [0.2, 0.25) is 0 Å². The van der Waals surface area contributed by atoms with E-state index in [9.17, 15) is 4.79 Å². The van der Waals surface area contributed by atoms with Gasteiger partial charge in [0.25, 0.3) is 5.91 Å². The van der Waals surface area contributed by atoms with Crippen LogP contribution in [0.1, 0.15) is 20.3 Å². The predicted octanol–water partition coefficient (Wildman–Crippen LogP) is 2.11. The summed E-state index contributed by atoms with van der Waals surface area (Å²) >= 11 is 4.73.